The molecular weight excluding hydrogens is 529 g/mol. The number of β-lactam (4-membered cyclic amide) rings is 1. The lowest BCUT2D eigenvalue weighted by Gasteiger charge is -2.48. The van der Waals surface area contributed by atoms with Crippen LogP contribution in [-0.2, 0) is 22.5 Å². The highest BCUT2D eigenvalue weighted by molar-refractivity contribution is 5.86. The fourth-order valence-corrected chi connectivity index (χ4v) is 5.70. The Hall–Kier alpha value is -3.34. The number of carbonyl (C=O) groups excluding carboxylic acids is 1. The fourth-order valence-electron chi connectivity index (χ4n) is 5.70. The summed E-state index contributed by atoms with van der Waals surface area (Å²) in [6, 6.07) is 23.6. The molecule has 41 heavy (non-hydrogen) atoms. The van der Waals surface area contributed by atoms with E-state index in [1.165, 1.54) is 12.1 Å². The third kappa shape index (κ3) is 6.60. The standard InChI is InChI=1S/C32H36FNO7/c33-23-13-9-20(10-14-23)7-4-8-25-28(34(32(25)39)17-21-5-2-1-3-6-21)22-11-15-24(16-12-22)40-19-27-30(37)31(38)29(36)26(18-35)41-27/h1-3,5-6,9-16,25-31,35-38H,4,7-8,17-19H2. The molecule has 0 aromatic heterocycles. The summed E-state index contributed by atoms with van der Waals surface area (Å²) in [6.45, 7) is -0.0796. The molecule has 218 valence electrons. The maximum atomic E-state index is 13.3. The van der Waals surface area contributed by atoms with E-state index in [2.05, 4.69) is 0 Å². The van der Waals surface area contributed by atoms with E-state index in [0.717, 1.165) is 29.5 Å². The van der Waals surface area contributed by atoms with Gasteiger partial charge in [-0.2, -0.15) is 0 Å². The average Bonchev–Trinajstić information content (AvgIpc) is 3.00. The lowest BCUT2D eigenvalue weighted by Crippen LogP contribution is -2.59. The van der Waals surface area contributed by atoms with Gasteiger partial charge in [-0.3, -0.25) is 4.79 Å². The molecule has 3 aromatic rings. The molecule has 4 N–H and O–H groups in total. The molecular formula is C32H36FNO7. The van der Waals surface area contributed by atoms with Crippen LogP contribution in [0.1, 0.15) is 35.6 Å². The zero-order valence-corrected chi connectivity index (χ0v) is 22.6. The van der Waals surface area contributed by atoms with E-state index >= 15 is 0 Å². The van der Waals surface area contributed by atoms with Gasteiger partial charge in [0.25, 0.3) is 0 Å². The molecule has 0 radical (unpaired) electrons. The number of halogens is 1. The maximum Gasteiger partial charge on any atom is 0.228 e. The van der Waals surface area contributed by atoms with Gasteiger partial charge in [0.05, 0.1) is 18.6 Å². The largest absolute Gasteiger partial charge is 0.491 e. The second-order valence-electron chi connectivity index (χ2n) is 10.8. The van der Waals surface area contributed by atoms with Gasteiger partial charge in [0.1, 0.15) is 48.7 Å². The molecule has 0 saturated carbocycles. The Balaban J connectivity index is 1.24. The summed E-state index contributed by atoms with van der Waals surface area (Å²) in [6.07, 6.45) is -3.88. The summed E-state index contributed by atoms with van der Waals surface area (Å²) in [5.74, 6) is 0.194. The summed E-state index contributed by atoms with van der Waals surface area (Å²) >= 11 is 0. The van der Waals surface area contributed by atoms with Crippen molar-refractivity contribution in [2.45, 2.75) is 62.4 Å². The van der Waals surface area contributed by atoms with Crippen molar-refractivity contribution in [3.63, 3.8) is 0 Å². The first-order valence-electron chi connectivity index (χ1n) is 14.0. The van der Waals surface area contributed by atoms with E-state index < -0.39 is 37.1 Å². The van der Waals surface area contributed by atoms with Crippen LogP contribution >= 0.6 is 0 Å². The zero-order chi connectivity index (χ0) is 28.9. The van der Waals surface area contributed by atoms with Crippen LogP contribution in [0.2, 0.25) is 0 Å². The lowest BCUT2D eigenvalue weighted by atomic mass is 9.78. The number of likely N-dealkylation sites (tertiary alicyclic amines) is 1. The Labute approximate surface area is 238 Å². The van der Waals surface area contributed by atoms with Crippen molar-refractivity contribution in [3.05, 3.63) is 101 Å². The van der Waals surface area contributed by atoms with E-state index in [9.17, 15) is 29.6 Å². The average molecular weight is 566 g/mol. The number of hydrogen-bond acceptors (Lipinski definition) is 7. The predicted molar refractivity (Wildman–Crippen MR) is 148 cm³/mol. The first kappa shape index (κ1) is 29.2. The Bertz CT molecular complexity index is 1270. The second-order valence-corrected chi connectivity index (χ2v) is 10.8. The minimum Gasteiger partial charge on any atom is -0.491 e. The van der Waals surface area contributed by atoms with E-state index in [1.54, 1.807) is 24.3 Å². The number of nitrogens with zero attached hydrogens (tertiary/aromatic N) is 1. The summed E-state index contributed by atoms with van der Waals surface area (Å²) < 4.78 is 24.6. The molecule has 7 atom stereocenters. The molecule has 0 bridgehead atoms. The SMILES string of the molecule is O=C1C(CCCc2ccc(F)cc2)C(c2ccc(OCC3OC(CO)C(O)C(O)C3O)cc2)N1Cc1ccccc1. The lowest BCUT2D eigenvalue weighted by molar-refractivity contribution is -0.234. The minimum atomic E-state index is -1.45. The van der Waals surface area contributed by atoms with Crippen LogP contribution in [0.5, 0.6) is 5.75 Å². The Morgan fingerprint density at radius 3 is 2.20 bits per heavy atom. The van der Waals surface area contributed by atoms with Crippen molar-refractivity contribution in [2.75, 3.05) is 13.2 Å². The first-order valence-corrected chi connectivity index (χ1v) is 14.0. The van der Waals surface area contributed by atoms with Gasteiger partial charge >= 0.3 is 0 Å². The highest BCUT2D eigenvalue weighted by Gasteiger charge is 2.47. The number of aryl methyl sites for hydroxylation is 1. The number of rotatable bonds is 11. The summed E-state index contributed by atoms with van der Waals surface area (Å²) in [7, 11) is 0. The molecule has 0 spiro atoms. The van der Waals surface area contributed by atoms with E-state index in [4.69, 9.17) is 9.47 Å². The van der Waals surface area contributed by atoms with Gasteiger partial charge in [-0.1, -0.05) is 54.6 Å². The molecule has 5 rings (SSSR count). The van der Waals surface area contributed by atoms with Crippen molar-refractivity contribution in [3.8, 4) is 5.75 Å². The van der Waals surface area contributed by atoms with Gasteiger partial charge in [0.15, 0.2) is 0 Å². The molecule has 8 nitrogen and oxygen atoms in total. The van der Waals surface area contributed by atoms with Crippen LogP contribution in [-0.4, -0.2) is 75.0 Å². The number of carbonyl (C=O) groups is 1. The highest BCUT2D eigenvalue weighted by Crippen LogP contribution is 2.44. The molecule has 2 fully saturated rings. The van der Waals surface area contributed by atoms with Crippen molar-refractivity contribution in [2.24, 2.45) is 5.92 Å². The van der Waals surface area contributed by atoms with Crippen molar-refractivity contribution < 1.29 is 39.1 Å². The van der Waals surface area contributed by atoms with E-state index in [-0.39, 0.29) is 30.3 Å². The van der Waals surface area contributed by atoms with Gasteiger partial charge in [0, 0.05) is 6.54 Å². The number of aliphatic hydroxyl groups excluding tert-OH is 4. The fraction of sp³-hybridized carbons (Fsp3) is 0.406. The molecule has 2 heterocycles. The van der Waals surface area contributed by atoms with Gasteiger partial charge in [-0.25, -0.2) is 4.39 Å². The van der Waals surface area contributed by atoms with Gasteiger partial charge < -0.3 is 34.8 Å². The van der Waals surface area contributed by atoms with Crippen LogP contribution in [0.15, 0.2) is 78.9 Å². The Kier molecular flexibility index (Phi) is 9.32. The third-order valence-corrected chi connectivity index (χ3v) is 8.03. The molecule has 2 saturated heterocycles. The molecule has 0 aliphatic carbocycles. The summed E-state index contributed by atoms with van der Waals surface area (Å²) in [5, 5.41) is 39.6. The highest BCUT2D eigenvalue weighted by atomic mass is 19.1. The van der Waals surface area contributed by atoms with E-state index in [1.807, 2.05) is 47.4 Å². The predicted octanol–water partition coefficient (Wildman–Crippen LogP) is 2.77. The number of hydrogen-bond donors (Lipinski definition) is 4. The van der Waals surface area contributed by atoms with Crippen LogP contribution < -0.4 is 4.74 Å². The van der Waals surface area contributed by atoms with Crippen LogP contribution in [0.3, 0.4) is 0 Å². The monoisotopic (exact) mass is 565 g/mol. The van der Waals surface area contributed by atoms with Crippen molar-refractivity contribution >= 4 is 5.91 Å². The maximum absolute atomic E-state index is 13.3. The quantitative estimate of drug-likeness (QED) is 0.264. The van der Waals surface area contributed by atoms with Crippen LogP contribution in [0, 0.1) is 11.7 Å². The molecule has 2 aliphatic heterocycles. The van der Waals surface area contributed by atoms with Crippen LogP contribution in [0.25, 0.3) is 0 Å². The van der Waals surface area contributed by atoms with E-state index in [0.29, 0.717) is 18.7 Å². The molecule has 9 heteroatoms. The molecule has 7 unspecified atom stereocenters. The van der Waals surface area contributed by atoms with Crippen molar-refractivity contribution in [1.29, 1.82) is 0 Å². The number of ether oxygens (including phenoxy) is 2. The minimum absolute atomic E-state index is 0.0884. The normalized spacial score (nSPS) is 27.9. The summed E-state index contributed by atoms with van der Waals surface area (Å²) in [4.78, 5) is 15.2. The first-order chi connectivity index (χ1) is 19.9. The van der Waals surface area contributed by atoms with Crippen LogP contribution in [0.4, 0.5) is 4.39 Å². The second kappa shape index (κ2) is 13.1. The molecule has 2 aliphatic rings. The molecule has 3 aromatic carbocycles. The smallest absolute Gasteiger partial charge is 0.228 e. The van der Waals surface area contributed by atoms with Gasteiger partial charge in [-0.15, -0.1) is 0 Å². The zero-order valence-electron chi connectivity index (χ0n) is 22.6. The number of benzene rings is 3. The number of aliphatic hydroxyl groups is 4. The third-order valence-electron chi connectivity index (χ3n) is 8.03. The molecule has 1 amide bonds. The summed E-state index contributed by atoms with van der Waals surface area (Å²) in [5.41, 5.74) is 3.07. The van der Waals surface area contributed by atoms with Gasteiger partial charge in [-0.05, 0) is 60.2 Å². The van der Waals surface area contributed by atoms with Gasteiger partial charge in [0.2, 0.25) is 5.91 Å². The van der Waals surface area contributed by atoms with Crippen molar-refractivity contribution in [1.82, 2.24) is 4.90 Å². The topological polar surface area (TPSA) is 120 Å². The Morgan fingerprint density at radius 2 is 1.51 bits per heavy atom. The Morgan fingerprint density at radius 1 is 0.829 bits per heavy atom. The number of amides is 1.